The zero-order chi connectivity index (χ0) is 11.4. The topological polar surface area (TPSA) is 54.4 Å². The maximum Gasteiger partial charge on any atom is 0.307 e. The smallest absolute Gasteiger partial charge is 0.307 e. The molecule has 0 saturated heterocycles. The SMILES string of the molecule is CCS(=O)c1ccc(CC(=O)O)c(F)c1. The highest BCUT2D eigenvalue weighted by Gasteiger charge is 2.09. The first-order valence-electron chi connectivity index (χ1n) is 4.43. The Morgan fingerprint density at radius 2 is 2.20 bits per heavy atom. The van der Waals surface area contributed by atoms with Crippen molar-refractivity contribution in [3.8, 4) is 0 Å². The molecule has 0 fully saturated rings. The van der Waals surface area contributed by atoms with E-state index in [1.54, 1.807) is 6.92 Å². The summed E-state index contributed by atoms with van der Waals surface area (Å²) < 4.78 is 24.6. The molecule has 0 saturated carbocycles. The van der Waals surface area contributed by atoms with Gasteiger partial charge in [0.15, 0.2) is 0 Å². The fourth-order valence-corrected chi connectivity index (χ4v) is 1.93. The summed E-state index contributed by atoms with van der Waals surface area (Å²) in [7, 11) is -1.21. The second-order valence-electron chi connectivity index (χ2n) is 2.96. The van der Waals surface area contributed by atoms with Crippen LogP contribution in [0.25, 0.3) is 0 Å². The average Bonchev–Trinajstić information content (AvgIpc) is 2.19. The number of hydrogen-bond donors (Lipinski definition) is 1. The summed E-state index contributed by atoms with van der Waals surface area (Å²) in [6.07, 6.45) is -0.356. The Balaban J connectivity index is 2.97. The molecule has 1 rings (SSSR count). The number of carboxylic acid groups (broad SMARTS) is 1. The van der Waals surface area contributed by atoms with Gasteiger partial charge < -0.3 is 5.11 Å². The molecule has 82 valence electrons. The molecule has 1 atom stereocenters. The molecule has 0 radical (unpaired) electrons. The van der Waals surface area contributed by atoms with Crippen LogP contribution in [0.4, 0.5) is 4.39 Å². The van der Waals surface area contributed by atoms with Crippen LogP contribution < -0.4 is 0 Å². The molecule has 1 aromatic rings. The molecule has 0 aliphatic rings. The van der Waals surface area contributed by atoms with E-state index in [2.05, 4.69) is 0 Å². The highest BCUT2D eigenvalue weighted by Crippen LogP contribution is 2.14. The van der Waals surface area contributed by atoms with Crippen molar-refractivity contribution in [1.29, 1.82) is 0 Å². The van der Waals surface area contributed by atoms with Gasteiger partial charge in [0.25, 0.3) is 0 Å². The van der Waals surface area contributed by atoms with Gasteiger partial charge in [-0.3, -0.25) is 9.00 Å². The fourth-order valence-electron chi connectivity index (χ4n) is 1.14. The van der Waals surface area contributed by atoms with Crippen molar-refractivity contribution in [1.82, 2.24) is 0 Å². The third kappa shape index (κ3) is 3.13. The van der Waals surface area contributed by atoms with E-state index in [0.717, 1.165) is 6.07 Å². The lowest BCUT2D eigenvalue weighted by molar-refractivity contribution is -0.136. The highest BCUT2D eigenvalue weighted by atomic mass is 32.2. The van der Waals surface area contributed by atoms with E-state index in [1.165, 1.54) is 12.1 Å². The third-order valence-electron chi connectivity index (χ3n) is 1.89. The number of carboxylic acids is 1. The Kier molecular flexibility index (Phi) is 3.96. The van der Waals surface area contributed by atoms with Crippen molar-refractivity contribution in [2.24, 2.45) is 0 Å². The first kappa shape index (κ1) is 11.8. The van der Waals surface area contributed by atoms with Crippen LogP contribution in [0.1, 0.15) is 12.5 Å². The summed E-state index contributed by atoms with van der Waals surface area (Å²) in [5.74, 6) is -1.28. The first-order valence-corrected chi connectivity index (χ1v) is 5.75. The van der Waals surface area contributed by atoms with Gasteiger partial charge in [0.05, 0.1) is 17.2 Å². The quantitative estimate of drug-likeness (QED) is 0.854. The van der Waals surface area contributed by atoms with E-state index >= 15 is 0 Å². The van der Waals surface area contributed by atoms with Gasteiger partial charge in [0.2, 0.25) is 0 Å². The maximum absolute atomic E-state index is 13.3. The molecule has 0 amide bonds. The van der Waals surface area contributed by atoms with Crippen LogP contribution in [-0.4, -0.2) is 21.0 Å². The zero-order valence-corrected chi connectivity index (χ0v) is 9.01. The van der Waals surface area contributed by atoms with Crippen LogP contribution in [-0.2, 0) is 22.0 Å². The molecule has 5 heteroatoms. The fraction of sp³-hybridized carbons (Fsp3) is 0.300. The Labute approximate surface area is 89.4 Å². The molecule has 0 aliphatic carbocycles. The number of carbonyl (C=O) groups is 1. The molecule has 3 nitrogen and oxygen atoms in total. The van der Waals surface area contributed by atoms with E-state index in [-0.39, 0.29) is 12.0 Å². The summed E-state index contributed by atoms with van der Waals surface area (Å²) >= 11 is 0. The van der Waals surface area contributed by atoms with Gasteiger partial charge in [0, 0.05) is 10.6 Å². The van der Waals surface area contributed by atoms with E-state index in [4.69, 9.17) is 5.11 Å². The van der Waals surface area contributed by atoms with Crippen molar-refractivity contribution in [3.63, 3.8) is 0 Å². The number of halogens is 1. The molecular formula is C10H11FO3S. The van der Waals surface area contributed by atoms with E-state index < -0.39 is 22.6 Å². The van der Waals surface area contributed by atoms with Crippen LogP contribution in [0.5, 0.6) is 0 Å². The molecule has 0 bridgehead atoms. The lowest BCUT2D eigenvalue weighted by Crippen LogP contribution is -2.03. The Hall–Kier alpha value is -1.23. The molecule has 0 aliphatic heterocycles. The predicted molar refractivity (Wildman–Crippen MR) is 54.7 cm³/mol. The van der Waals surface area contributed by atoms with Crippen molar-refractivity contribution in [2.45, 2.75) is 18.2 Å². The van der Waals surface area contributed by atoms with Gasteiger partial charge in [-0.2, -0.15) is 0 Å². The minimum absolute atomic E-state index is 0.111. The van der Waals surface area contributed by atoms with Crippen LogP contribution in [0.15, 0.2) is 23.1 Å². The van der Waals surface area contributed by atoms with Crippen molar-refractivity contribution >= 4 is 16.8 Å². The molecule has 1 N–H and O–H groups in total. The number of aliphatic carboxylic acids is 1. The van der Waals surface area contributed by atoms with Gasteiger partial charge in [-0.15, -0.1) is 0 Å². The molecule has 0 aromatic heterocycles. The van der Waals surface area contributed by atoms with E-state index in [1.807, 2.05) is 0 Å². The lowest BCUT2D eigenvalue weighted by atomic mass is 10.1. The van der Waals surface area contributed by atoms with Gasteiger partial charge in [0.1, 0.15) is 5.82 Å². The number of hydrogen-bond acceptors (Lipinski definition) is 2. The Morgan fingerprint density at radius 3 is 2.67 bits per heavy atom. The molecular weight excluding hydrogens is 219 g/mol. The normalized spacial score (nSPS) is 12.4. The second kappa shape index (κ2) is 5.02. The highest BCUT2D eigenvalue weighted by molar-refractivity contribution is 7.85. The molecule has 1 unspecified atom stereocenters. The number of rotatable bonds is 4. The van der Waals surface area contributed by atoms with Crippen LogP contribution in [0.2, 0.25) is 0 Å². The Morgan fingerprint density at radius 1 is 1.53 bits per heavy atom. The lowest BCUT2D eigenvalue weighted by Gasteiger charge is -2.03. The van der Waals surface area contributed by atoms with Gasteiger partial charge in [-0.1, -0.05) is 13.0 Å². The Bertz CT molecular complexity index is 404. The van der Waals surface area contributed by atoms with Gasteiger partial charge in [-0.25, -0.2) is 4.39 Å². The number of benzene rings is 1. The van der Waals surface area contributed by atoms with Crippen LogP contribution in [0.3, 0.4) is 0 Å². The van der Waals surface area contributed by atoms with Crippen molar-refractivity contribution in [2.75, 3.05) is 5.75 Å². The average molecular weight is 230 g/mol. The second-order valence-corrected chi connectivity index (χ2v) is 4.70. The third-order valence-corrected chi connectivity index (χ3v) is 3.20. The first-order chi connectivity index (χ1) is 7.04. The van der Waals surface area contributed by atoms with Crippen molar-refractivity contribution < 1.29 is 18.5 Å². The zero-order valence-electron chi connectivity index (χ0n) is 8.20. The standard InChI is InChI=1S/C10H11FO3S/c1-2-15(14)8-4-3-7(5-10(12)13)9(11)6-8/h3-4,6H,2,5H2,1H3,(H,12,13). The van der Waals surface area contributed by atoms with Crippen LogP contribution in [0, 0.1) is 5.82 Å². The largest absolute Gasteiger partial charge is 0.481 e. The monoisotopic (exact) mass is 230 g/mol. The molecule has 15 heavy (non-hydrogen) atoms. The minimum Gasteiger partial charge on any atom is -0.481 e. The van der Waals surface area contributed by atoms with Crippen LogP contribution >= 0.6 is 0 Å². The predicted octanol–water partition coefficient (Wildman–Crippen LogP) is 1.58. The minimum atomic E-state index is -1.21. The molecule has 0 heterocycles. The summed E-state index contributed by atoms with van der Waals surface area (Å²) in [4.78, 5) is 10.8. The van der Waals surface area contributed by atoms with E-state index in [9.17, 15) is 13.4 Å². The van der Waals surface area contributed by atoms with Gasteiger partial charge in [-0.05, 0) is 17.7 Å². The summed E-state index contributed by atoms with van der Waals surface area (Å²) in [5.41, 5.74) is 0.111. The summed E-state index contributed by atoms with van der Waals surface area (Å²) in [6.45, 7) is 1.74. The van der Waals surface area contributed by atoms with Gasteiger partial charge >= 0.3 is 5.97 Å². The molecule has 0 spiro atoms. The van der Waals surface area contributed by atoms with E-state index in [0.29, 0.717) is 10.6 Å². The summed E-state index contributed by atoms with van der Waals surface area (Å²) in [6, 6.07) is 4.01. The maximum atomic E-state index is 13.3. The van der Waals surface area contributed by atoms with Crippen molar-refractivity contribution in [3.05, 3.63) is 29.6 Å². The summed E-state index contributed by atoms with van der Waals surface area (Å²) in [5, 5.41) is 8.49. The molecule has 1 aromatic carbocycles.